The van der Waals surface area contributed by atoms with E-state index in [1.807, 2.05) is 0 Å². The Balaban J connectivity index is 2.95. The van der Waals surface area contributed by atoms with E-state index in [1.165, 1.54) is 0 Å². The number of rotatable bonds is 17. The molecule has 1 rings (SSSR count). The number of carboxylic acid groups (broad SMARTS) is 2. The number of carboxylic acids is 2. The average Bonchev–Trinajstić information content (AvgIpc) is 2.84. The summed E-state index contributed by atoms with van der Waals surface area (Å²) in [6.07, 6.45) is -1.29. The second-order valence-electron chi connectivity index (χ2n) is 8.54. The normalized spacial score (nSPS) is 13.6. The van der Waals surface area contributed by atoms with Crippen molar-refractivity contribution in [3.63, 3.8) is 0 Å². The van der Waals surface area contributed by atoms with Crippen LogP contribution in [0.15, 0.2) is 35.3 Å². The molecule has 39 heavy (non-hydrogen) atoms. The second kappa shape index (κ2) is 16.2. The predicted molar refractivity (Wildman–Crippen MR) is 138 cm³/mol. The largest absolute Gasteiger partial charge is 0.481 e. The summed E-state index contributed by atoms with van der Waals surface area (Å²) in [6, 6.07) is 2.49. The number of carbonyl (C=O) groups excluding carboxylic acids is 4. The Labute approximate surface area is 223 Å². The van der Waals surface area contributed by atoms with Crippen molar-refractivity contribution in [2.24, 2.45) is 27.9 Å². The number of amides is 4. The number of nitrogens with one attached hydrogen (secondary N) is 3. The molecule has 4 atom stereocenters. The van der Waals surface area contributed by atoms with Crippen molar-refractivity contribution in [2.45, 2.75) is 56.3 Å². The molecule has 0 aromatic heterocycles. The third kappa shape index (κ3) is 12.9. The quantitative estimate of drug-likeness (QED) is 0.0520. The van der Waals surface area contributed by atoms with Crippen molar-refractivity contribution < 1.29 is 39.0 Å². The maximum absolute atomic E-state index is 12.9. The zero-order valence-electron chi connectivity index (χ0n) is 21.0. The lowest BCUT2D eigenvalue weighted by Crippen LogP contribution is -2.58. The van der Waals surface area contributed by atoms with Crippen LogP contribution in [0.4, 0.5) is 0 Å². The minimum atomic E-state index is -1.68. The van der Waals surface area contributed by atoms with Crippen LogP contribution in [0, 0.1) is 0 Å². The fourth-order valence-corrected chi connectivity index (χ4v) is 3.32. The zero-order valence-corrected chi connectivity index (χ0v) is 21.0. The number of benzene rings is 1. The van der Waals surface area contributed by atoms with Crippen LogP contribution >= 0.6 is 0 Å². The van der Waals surface area contributed by atoms with Gasteiger partial charge in [0.1, 0.15) is 18.1 Å². The summed E-state index contributed by atoms with van der Waals surface area (Å²) in [4.78, 5) is 76.5. The molecule has 16 nitrogen and oxygen atoms in total. The Morgan fingerprint density at radius 3 is 1.85 bits per heavy atom. The highest BCUT2D eigenvalue weighted by Crippen LogP contribution is 2.06. The summed E-state index contributed by atoms with van der Waals surface area (Å²) >= 11 is 0. The van der Waals surface area contributed by atoms with Crippen molar-refractivity contribution >= 4 is 41.5 Å². The molecular formula is C23H34N8O8. The minimum Gasteiger partial charge on any atom is -0.481 e. The van der Waals surface area contributed by atoms with Gasteiger partial charge in [0.15, 0.2) is 5.96 Å². The number of guanidine groups is 1. The molecule has 0 aliphatic heterocycles. The van der Waals surface area contributed by atoms with Crippen molar-refractivity contribution in [2.75, 3.05) is 6.54 Å². The number of primary amides is 1. The summed E-state index contributed by atoms with van der Waals surface area (Å²) in [6.45, 7) is 0.188. The van der Waals surface area contributed by atoms with Gasteiger partial charge < -0.3 is 49.1 Å². The molecule has 0 fully saturated rings. The number of nitrogens with zero attached hydrogens (tertiary/aromatic N) is 1. The molecule has 0 spiro atoms. The van der Waals surface area contributed by atoms with Gasteiger partial charge in [-0.25, -0.2) is 4.79 Å². The maximum atomic E-state index is 12.9. The Bertz CT molecular complexity index is 1060. The SMILES string of the molecule is NC(=O)CC(NC(=O)C(CC(=O)O)NC(=O)C(N)CCCN=C(N)N)C(=O)NC(Cc1ccccc1)C(=O)O. The molecule has 0 saturated carbocycles. The number of hydrogen-bond acceptors (Lipinski definition) is 8. The van der Waals surface area contributed by atoms with Gasteiger partial charge in [-0.1, -0.05) is 30.3 Å². The van der Waals surface area contributed by atoms with E-state index in [9.17, 15) is 39.0 Å². The molecule has 1 aromatic carbocycles. The van der Waals surface area contributed by atoms with Crippen molar-refractivity contribution in [1.29, 1.82) is 0 Å². The third-order valence-electron chi connectivity index (χ3n) is 5.25. The highest BCUT2D eigenvalue weighted by molar-refractivity contribution is 5.97. The summed E-state index contributed by atoms with van der Waals surface area (Å²) in [5.74, 6) is -7.02. The van der Waals surface area contributed by atoms with Gasteiger partial charge >= 0.3 is 11.9 Å². The molecular weight excluding hydrogens is 516 g/mol. The molecule has 4 unspecified atom stereocenters. The number of aliphatic carboxylic acids is 2. The van der Waals surface area contributed by atoms with E-state index in [4.69, 9.17) is 22.9 Å². The predicted octanol–water partition coefficient (Wildman–Crippen LogP) is -3.50. The van der Waals surface area contributed by atoms with Crippen molar-refractivity contribution in [3.05, 3.63) is 35.9 Å². The van der Waals surface area contributed by atoms with Crippen LogP contribution in [0.1, 0.15) is 31.2 Å². The molecule has 0 aliphatic rings. The number of carbonyl (C=O) groups is 6. The minimum absolute atomic E-state index is 0.0993. The van der Waals surface area contributed by atoms with E-state index in [0.29, 0.717) is 12.0 Å². The highest BCUT2D eigenvalue weighted by Gasteiger charge is 2.32. The molecule has 0 aliphatic carbocycles. The second-order valence-corrected chi connectivity index (χ2v) is 8.54. The fraction of sp³-hybridized carbons (Fsp3) is 0.435. The molecule has 13 N–H and O–H groups in total. The molecule has 16 heteroatoms. The number of hydrogen-bond donors (Lipinski definition) is 9. The molecule has 0 heterocycles. The first-order valence-corrected chi connectivity index (χ1v) is 11.8. The molecule has 0 saturated heterocycles. The first-order chi connectivity index (χ1) is 18.3. The van der Waals surface area contributed by atoms with Gasteiger partial charge in [-0.05, 0) is 18.4 Å². The molecule has 214 valence electrons. The summed E-state index contributed by atoms with van der Waals surface area (Å²) in [5, 5.41) is 25.3. The monoisotopic (exact) mass is 550 g/mol. The van der Waals surface area contributed by atoms with Gasteiger partial charge in [-0.15, -0.1) is 0 Å². The van der Waals surface area contributed by atoms with Gasteiger partial charge in [0.05, 0.1) is 18.9 Å². The summed E-state index contributed by atoms with van der Waals surface area (Å²) in [5.41, 5.74) is 22.0. The third-order valence-corrected chi connectivity index (χ3v) is 5.25. The Morgan fingerprint density at radius 1 is 0.795 bits per heavy atom. The lowest BCUT2D eigenvalue weighted by atomic mass is 10.0. The fourth-order valence-electron chi connectivity index (χ4n) is 3.32. The first kappa shape index (κ1) is 32.3. The smallest absolute Gasteiger partial charge is 0.326 e. The van der Waals surface area contributed by atoms with Crippen LogP contribution in [0.3, 0.4) is 0 Å². The van der Waals surface area contributed by atoms with E-state index in [2.05, 4.69) is 20.9 Å². The van der Waals surface area contributed by atoms with E-state index in [0.717, 1.165) is 0 Å². The van der Waals surface area contributed by atoms with Gasteiger partial charge in [0.2, 0.25) is 23.6 Å². The van der Waals surface area contributed by atoms with E-state index >= 15 is 0 Å². The summed E-state index contributed by atoms with van der Waals surface area (Å²) in [7, 11) is 0. The molecule has 4 amide bonds. The van der Waals surface area contributed by atoms with Gasteiger partial charge in [-0.2, -0.15) is 0 Å². The average molecular weight is 551 g/mol. The Kier molecular flexibility index (Phi) is 13.4. The van der Waals surface area contributed by atoms with E-state index in [1.54, 1.807) is 30.3 Å². The molecule has 1 aromatic rings. The van der Waals surface area contributed by atoms with Crippen LogP contribution in [0.5, 0.6) is 0 Å². The lowest BCUT2D eigenvalue weighted by Gasteiger charge is -2.24. The van der Waals surface area contributed by atoms with Gasteiger partial charge in [0, 0.05) is 13.0 Å². The van der Waals surface area contributed by atoms with Crippen LogP contribution < -0.4 is 38.9 Å². The Morgan fingerprint density at radius 2 is 1.33 bits per heavy atom. The highest BCUT2D eigenvalue weighted by atomic mass is 16.4. The number of nitrogens with two attached hydrogens (primary N) is 4. The Hall–Kier alpha value is -4.73. The van der Waals surface area contributed by atoms with Crippen LogP contribution in [-0.2, 0) is 35.2 Å². The van der Waals surface area contributed by atoms with Crippen LogP contribution in [0.2, 0.25) is 0 Å². The van der Waals surface area contributed by atoms with Crippen molar-refractivity contribution in [1.82, 2.24) is 16.0 Å². The van der Waals surface area contributed by atoms with Crippen LogP contribution in [-0.4, -0.2) is 82.5 Å². The standard InChI is InChI=1S/C23H34N8O8/c24-13(7-4-8-28-23(26)27)19(35)29-15(11-18(33)34)21(37)30-14(10-17(25)32)20(36)31-16(22(38)39)9-12-5-2-1-3-6-12/h1-3,5-6,13-16H,4,7-11,24H2,(H2,25,32)(H,29,35)(H,30,37)(H,31,36)(H,33,34)(H,38,39)(H4,26,27,28). The molecule has 0 bridgehead atoms. The maximum Gasteiger partial charge on any atom is 0.326 e. The number of aliphatic imine (C=N–C) groups is 1. The topological polar surface area (TPSA) is 295 Å². The van der Waals surface area contributed by atoms with Crippen LogP contribution in [0.25, 0.3) is 0 Å². The first-order valence-electron chi connectivity index (χ1n) is 11.8. The summed E-state index contributed by atoms with van der Waals surface area (Å²) < 4.78 is 0. The van der Waals surface area contributed by atoms with E-state index < -0.39 is 72.6 Å². The van der Waals surface area contributed by atoms with E-state index in [-0.39, 0.29) is 25.3 Å². The lowest BCUT2D eigenvalue weighted by molar-refractivity contribution is -0.143. The van der Waals surface area contributed by atoms with Gasteiger partial charge in [-0.3, -0.25) is 29.0 Å². The van der Waals surface area contributed by atoms with Gasteiger partial charge in [0.25, 0.3) is 0 Å². The molecule has 0 radical (unpaired) electrons. The zero-order chi connectivity index (χ0) is 29.5. The van der Waals surface area contributed by atoms with Crippen molar-refractivity contribution in [3.8, 4) is 0 Å².